The molecule has 3 N–H and O–H groups in total. The highest BCUT2D eigenvalue weighted by Crippen LogP contribution is 2.25. The zero-order valence-corrected chi connectivity index (χ0v) is 13.1. The second-order valence-electron chi connectivity index (χ2n) is 5.60. The van der Waals surface area contributed by atoms with Crippen molar-refractivity contribution in [3.05, 3.63) is 23.3 Å². The largest absolute Gasteiger partial charge is 0.444 e. The molecule has 0 bridgehead atoms. The summed E-state index contributed by atoms with van der Waals surface area (Å²) in [6.07, 6.45) is -0.731. The van der Waals surface area contributed by atoms with Crippen LogP contribution in [0.4, 0.5) is 10.5 Å². The number of aryl methyl sites for hydroxylation is 2. The molecule has 1 amide bonds. The average Bonchev–Trinajstić information content (AvgIpc) is 2.18. The van der Waals surface area contributed by atoms with E-state index in [1.165, 1.54) is 6.07 Å². The number of benzene rings is 1. The van der Waals surface area contributed by atoms with E-state index in [1.54, 1.807) is 33.8 Å². The number of anilines is 1. The van der Waals surface area contributed by atoms with Gasteiger partial charge in [-0.3, -0.25) is 5.32 Å². The monoisotopic (exact) mass is 300 g/mol. The van der Waals surface area contributed by atoms with Crippen LogP contribution in [0.2, 0.25) is 0 Å². The van der Waals surface area contributed by atoms with Gasteiger partial charge < -0.3 is 4.74 Å². The van der Waals surface area contributed by atoms with Crippen LogP contribution in [0.3, 0.4) is 0 Å². The first kappa shape index (κ1) is 16.5. The molecule has 0 unspecified atom stereocenters. The number of rotatable bonds is 2. The van der Waals surface area contributed by atoms with E-state index >= 15 is 0 Å². The topological polar surface area (TPSA) is 98.5 Å². The first-order valence-corrected chi connectivity index (χ1v) is 7.59. The third-order valence-corrected chi connectivity index (χ3v) is 3.49. The van der Waals surface area contributed by atoms with Crippen LogP contribution < -0.4 is 10.5 Å². The lowest BCUT2D eigenvalue weighted by molar-refractivity contribution is 0.0635. The Kier molecular flexibility index (Phi) is 4.45. The molecular formula is C13H20N2O4S. The predicted molar refractivity (Wildman–Crippen MR) is 77.1 cm³/mol. The minimum absolute atomic E-state index is 0.116. The Morgan fingerprint density at radius 1 is 1.20 bits per heavy atom. The van der Waals surface area contributed by atoms with Crippen molar-refractivity contribution in [2.75, 3.05) is 5.32 Å². The third kappa shape index (κ3) is 4.50. The number of carbonyl (C=O) groups excluding carboxylic acids is 1. The van der Waals surface area contributed by atoms with E-state index in [0.717, 1.165) is 11.1 Å². The molecule has 20 heavy (non-hydrogen) atoms. The van der Waals surface area contributed by atoms with Crippen molar-refractivity contribution in [2.24, 2.45) is 5.14 Å². The first-order chi connectivity index (χ1) is 8.90. The van der Waals surface area contributed by atoms with Crippen molar-refractivity contribution >= 4 is 21.8 Å². The molecule has 0 spiro atoms. The van der Waals surface area contributed by atoms with Gasteiger partial charge >= 0.3 is 6.09 Å². The number of hydrogen-bond acceptors (Lipinski definition) is 4. The molecule has 1 rings (SSSR count). The van der Waals surface area contributed by atoms with E-state index in [4.69, 9.17) is 9.88 Å². The van der Waals surface area contributed by atoms with Gasteiger partial charge in [0.25, 0.3) is 0 Å². The summed E-state index contributed by atoms with van der Waals surface area (Å²) in [6, 6.07) is 2.98. The Morgan fingerprint density at radius 2 is 1.70 bits per heavy atom. The highest BCUT2D eigenvalue weighted by Gasteiger charge is 2.21. The van der Waals surface area contributed by atoms with E-state index in [-0.39, 0.29) is 10.6 Å². The number of primary sulfonamides is 1. The van der Waals surface area contributed by atoms with Crippen molar-refractivity contribution in [3.8, 4) is 0 Å². The molecule has 0 aliphatic carbocycles. The molecule has 0 atom stereocenters. The molecule has 0 fully saturated rings. The molecule has 0 aliphatic rings. The van der Waals surface area contributed by atoms with Crippen molar-refractivity contribution < 1.29 is 17.9 Å². The summed E-state index contributed by atoms with van der Waals surface area (Å²) in [7, 11) is -3.93. The summed E-state index contributed by atoms with van der Waals surface area (Å²) in [5, 5.41) is 7.58. The fourth-order valence-corrected chi connectivity index (χ4v) is 2.29. The molecular weight excluding hydrogens is 280 g/mol. The van der Waals surface area contributed by atoms with E-state index in [0.29, 0.717) is 0 Å². The SMILES string of the molecule is Cc1cc(NC(=O)OC(C)(C)C)c(S(N)(=O)=O)cc1C. The van der Waals surface area contributed by atoms with Crippen molar-refractivity contribution in [1.29, 1.82) is 0 Å². The second-order valence-corrected chi connectivity index (χ2v) is 7.13. The van der Waals surface area contributed by atoms with Crippen LogP contribution in [-0.2, 0) is 14.8 Å². The van der Waals surface area contributed by atoms with Gasteiger partial charge in [-0.05, 0) is 57.9 Å². The van der Waals surface area contributed by atoms with E-state index in [1.807, 2.05) is 6.92 Å². The normalized spacial score (nSPS) is 12.1. The Morgan fingerprint density at radius 3 is 2.15 bits per heavy atom. The fraction of sp³-hybridized carbons (Fsp3) is 0.462. The minimum Gasteiger partial charge on any atom is -0.444 e. The number of sulfonamides is 1. The zero-order chi connectivity index (χ0) is 15.7. The first-order valence-electron chi connectivity index (χ1n) is 6.04. The molecule has 0 aromatic heterocycles. The maximum absolute atomic E-state index is 11.7. The van der Waals surface area contributed by atoms with Gasteiger partial charge in [-0.2, -0.15) is 0 Å². The third-order valence-electron chi connectivity index (χ3n) is 2.54. The Bertz CT molecular complexity index is 631. The number of nitrogens with one attached hydrogen (secondary N) is 1. The van der Waals surface area contributed by atoms with Gasteiger partial charge in [-0.15, -0.1) is 0 Å². The Labute approximate surface area is 119 Å². The van der Waals surface area contributed by atoms with Crippen LogP contribution in [0.1, 0.15) is 31.9 Å². The Balaban J connectivity index is 3.18. The summed E-state index contributed by atoms with van der Waals surface area (Å²) in [5.74, 6) is 0. The molecule has 0 radical (unpaired) electrons. The lowest BCUT2D eigenvalue weighted by atomic mass is 10.1. The van der Waals surface area contributed by atoms with Crippen molar-refractivity contribution in [3.63, 3.8) is 0 Å². The van der Waals surface area contributed by atoms with Crippen LogP contribution in [-0.4, -0.2) is 20.1 Å². The van der Waals surface area contributed by atoms with Gasteiger partial charge in [0.1, 0.15) is 10.5 Å². The molecule has 0 heterocycles. The predicted octanol–water partition coefficient (Wildman–Crippen LogP) is 2.30. The fourth-order valence-electron chi connectivity index (χ4n) is 1.54. The maximum atomic E-state index is 11.7. The van der Waals surface area contributed by atoms with Crippen molar-refractivity contribution in [2.45, 2.75) is 45.1 Å². The number of amides is 1. The van der Waals surface area contributed by atoms with Crippen LogP contribution in [0, 0.1) is 13.8 Å². The van der Waals surface area contributed by atoms with Crippen LogP contribution in [0.5, 0.6) is 0 Å². The molecule has 0 saturated carbocycles. The summed E-state index contributed by atoms with van der Waals surface area (Å²) in [6.45, 7) is 8.72. The van der Waals surface area contributed by atoms with E-state index < -0.39 is 21.7 Å². The minimum atomic E-state index is -3.93. The van der Waals surface area contributed by atoms with Crippen LogP contribution in [0.15, 0.2) is 17.0 Å². The van der Waals surface area contributed by atoms with E-state index in [9.17, 15) is 13.2 Å². The number of ether oxygens (including phenoxy) is 1. The smallest absolute Gasteiger partial charge is 0.412 e. The lowest BCUT2D eigenvalue weighted by Crippen LogP contribution is -2.28. The van der Waals surface area contributed by atoms with Gasteiger partial charge in [0, 0.05) is 0 Å². The molecule has 112 valence electrons. The highest BCUT2D eigenvalue weighted by molar-refractivity contribution is 7.89. The van der Waals surface area contributed by atoms with Gasteiger partial charge in [0.15, 0.2) is 0 Å². The molecule has 0 saturated heterocycles. The van der Waals surface area contributed by atoms with Crippen molar-refractivity contribution in [1.82, 2.24) is 0 Å². The van der Waals surface area contributed by atoms with Gasteiger partial charge in [0.05, 0.1) is 5.69 Å². The second kappa shape index (κ2) is 5.41. The molecule has 1 aromatic carbocycles. The van der Waals surface area contributed by atoms with Gasteiger partial charge in [-0.25, -0.2) is 18.4 Å². The summed E-state index contributed by atoms with van der Waals surface area (Å²) in [4.78, 5) is 11.6. The average molecular weight is 300 g/mol. The van der Waals surface area contributed by atoms with E-state index in [2.05, 4.69) is 5.32 Å². The summed E-state index contributed by atoms with van der Waals surface area (Å²) >= 11 is 0. The van der Waals surface area contributed by atoms with Crippen LogP contribution in [0.25, 0.3) is 0 Å². The quantitative estimate of drug-likeness (QED) is 0.875. The molecule has 1 aromatic rings. The van der Waals surface area contributed by atoms with Gasteiger partial charge in [-0.1, -0.05) is 0 Å². The zero-order valence-electron chi connectivity index (χ0n) is 12.3. The summed E-state index contributed by atoms with van der Waals surface area (Å²) in [5.41, 5.74) is 1.04. The van der Waals surface area contributed by atoms with Crippen LogP contribution >= 0.6 is 0 Å². The number of nitrogens with two attached hydrogens (primary N) is 1. The number of hydrogen-bond donors (Lipinski definition) is 2. The maximum Gasteiger partial charge on any atom is 0.412 e. The lowest BCUT2D eigenvalue weighted by Gasteiger charge is -2.20. The Hall–Kier alpha value is -1.60. The molecule has 0 aliphatic heterocycles. The van der Waals surface area contributed by atoms with Gasteiger partial charge in [0.2, 0.25) is 10.0 Å². The summed E-state index contributed by atoms with van der Waals surface area (Å²) < 4.78 is 28.2. The molecule has 7 heteroatoms. The highest BCUT2D eigenvalue weighted by atomic mass is 32.2. The molecule has 6 nitrogen and oxygen atoms in total. The standard InChI is InChI=1S/C13H20N2O4S/c1-8-6-10(15-12(16)19-13(3,4)5)11(7-9(8)2)20(14,17)18/h6-7H,1-5H3,(H,15,16)(H2,14,17,18). The number of carbonyl (C=O) groups is 1.